The lowest BCUT2D eigenvalue weighted by atomic mass is 9.89. The van der Waals surface area contributed by atoms with Gasteiger partial charge in [-0.3, -0.25) is 24.6 Å². The number of piperazine rings is 1. The molecule has 2 amide bonds. The molecular formula is C23H34N4O4S. The molecule has 9 heteroatoms. The van der Waals surface area contributed by atoms with Crippen LogP contribution in [0.2, 0.25) is 0 Å². The highest BCUT2D eigenvalue weighted by molar-refractivity contribution is 7.98. The summed E-state index contributed by atoms with van der Waals surface area (Å²) in [6, 6.07) is 4.98. The molecule has 0 spiro atoms. The molecule has 8 nitrogen and oxygen atoms in total. The third-order valence-corrected chi connectivity index (χ3v) is 7.10. The largest absolute Gasteiger partial charge is 0.340 e. The summed E-state index contributed by atoms with van der Waals surface area (Å²) in [7, 11) is 0. The fraction of sp³-hybridized carbons (Fsp3) is 0.652. The zero-order valence-corrected chi connectivity index (χ0v) is 19.6. The van der Waals surface area contributed by atoms with Gasteiger partial charge in [-0.2, -0.15) is 11.8 Å². The van der Waals surface area contributed by atoms with Gasteiger partial charge in [0, 0.05) is 50.4 Å². The molecule has 0 aromatic heterocycles. The quantitative estimate of drug-likeness (QED) is 0.447. The first-order chi connectivity index (χ1) is 15.5. The molecule has 3 rings (SSSR count). The van der Waals surface area contributed by atoms with E-state index >= 15 is 0 Å². The lowest BCUT2D eigenvalue weighted by Crippen LogP contribution is -2.55. The molecule has 1 aromatic carbocycles. The molecular weight excluding hydrogens is 428 g/mol. The Bertz CT molecular complexity index is 792. The average molecular weight is 463 g/mol. The van der Waals surface area contributed by atoms with E-state index in [1.54, 1.807) is 11.8 Å². The molecule has 2 aliphatic rings. The zero-order valence-electron chi connectivity index (χ0n) is 18.8. The van der Waals surface area contributed by atoms with Gasteiger partial charge in [-0.05, 0) is 43.3 Å². The minimum atomic E-state index is -0.626. The van der Waals surface area contributed by atoms with Gasteiger partial charge in [0.2, 0.25) is 5.91 Å². The van der Waals surface area contributed by atoms with Gasteiger partial charge in [0.05, 0.1) is 4.92 Å². The Morgan fingerprint density at radius 1 is 1.19 bits per heavy atom. The number of hydrogen-bond acceptors (Lipinski definition) is 6. The smallest absolute Gasteiger partial charge is 0.270 e. The molecule has 1 heterocycles. The van der Waals surface area contributed by atoms with Gasteiger partial charge in [0.25, 0.3) is 11.6 Å². The topological polar surface area (TPSA) is 95.8 Å². The van der Waals surface area contributed by atoms with Crippen LogP contribution in [0.25, 0.3) is 0 Å². The Morgan fingerprint density at radius 2 is 1.91 bits per heavy atom. The van der Waals surface area contributed by atoms with E-state index in [-0.39, 0.29) is 17.2 Å². The molecule has 2 fully saturated rings. The van der Waals surface area contributed by atoms with Crippen molar-refractivity contribution in [1.29, 1.82) is 0 Å². The van der Waals surface area contributed by atoms with Crippen LogP contribution in [0.15, 0.2) is 24.3 Å². The van der Waals surface area contributed by atoms with Gasteiger partial charge >= 0.3 is 0 Å². The molecule has 1 N–H and O–H groups in total. The molecule has 1 atom stereocenters. The number of nitrogens with one attached hydrogen (secondary N) is 1. The van der Waals surface area contributed by atoms with Gasteiger partial charge in [-0.1, -0.05) is 25.3 Å². The van der Waals surface area contributed by atoms with Crippen molar-refractivity contribution in [3.63, 3.8) is 0 Å². The van der Waals surface area contributed by atoms with Crippen molar-refractivity contribution in [3.05, 3.63) is 39.9 Å². The number of nitrogens with zero attached hydrogens (tertiary/aromatic N) is 3. The molecule has 1 saturated carbocycles. The van der Waals surface area contributed by atoms with E-state index in [0.717, 1.165) is 31.3 Å². The van der Waals surface area contributed by atoms with Crippen LogP contribution in [0.5, 0.6) is 0 Å². The number of nitro benzene ring substituents is 1. The van der Waals surface area contributed by atoms with Crippen molar-refractivity contribution in [3.8, 4) is 0 Å². The number of thioether (sulfide) groups is 1. The number of carbonyl (C=O) groups is 2. The Balaban J connectivity index is 1.56. The van der Waals surface area contributed by atoms with Crippen LogP contribution in [0.3, 0.4) is 0 Å². The SMILES string of the molecule is CSCCC(NC(=O)c1cccc([N+](=O)[O-])c1)C(=O)N1CCN(CC2CCCCC2)CC1. The van der Waals surface area contributed by atoms with Crippen molar-refractivity contribution in [2.45, 2.75) is 44.6 Å². The van der Waals surface area contributed by atoms with Crippen molar-refractivity contribution in [2.24, 2.45) is 5.92 Å². The monoisotopic (exact) mass is 462 g/mol. The maximum Gasteiger partial charge on any atom is 0.270 e. The van der Waals surface area contributed by atoms with Crippen molar-refractivity contribution in [1.82, 2.24) is 15.1 Å². The lowest BCUT2D eigenvalue weighted by molar-refractivity contribution is -0.384. The van der Waals surface area contributed by atoms with E-state index < -0.39 is 16.9 Å². The van der Waals surface area contributed by atoms with Crippen LogP contribution in [-0.2, 0) is 4.79 Å². The van der Waals surface area contributed by atoms with E-state index in [4.69, 9.17) is 0 Å². The first-order valence-corrected chi connectivity index (χ1v) is 12.9. The Kier molecular flexibility index (Phi) is 9.35. The maximum absolute atomic E-state index is 13.2. The Labute approximate surface area is 194 Å². The van der Waals surface area contributed by atoms with Gasteiger partial charge < -0.3 is 10.2 Å². The van der Waals surface area contributed by atoms with Crippen LogP contribution < -0.4 is 5.32 Å². The highest BCUT2D eigenvalue weighted by Gasteiger charge is 2.29. The summed E-state index contributed by atoms with van der Waals surface area (Å²) in [5.41, 5.74) is 0.0529. The third kappa shape index (κ3) is 6.93. The minimum Gasteiger partial charge on any atom is -0.340 e. The normalized spacial score (nSPS) is 18.8. The highest BCUT2D eigenvalue weighted by atomic mass is 32.2. The van der Waals surface area contributed by atoms with Gasteiger partial charge in [0.1, 0.15) is 6.04 Å². The summed E-state index contributed by atoms with van der Waals surface area (Å²) in [4.78, 5) is 40.8. The van der Waals surface area contributed by atoms with E-state index in [1.807, 2.05) is 11.2 Å². The molecule has 1 saturated heterocycles. The molecule has 0 radical (unpaired) electrons. The van der Waals surface area contributed by atoms with Crippen LogP contribution in [0.4, 0.5) is 5.69 Å². The fourth-order valence-corrected chi connectivity index (χ4v) is 5.07. The Hall–Kier alpha value is -2.13. The fourth-order valence-electron chi connectivity index (χ4n) is 4.60. The second-order valence-corrected chi connectivity index (χ2v) is 9.73. The summed E-state index contributed by atoms with van der Waals surface area (Å²) in [6.45, 7) is 4.22. The Morgan fingerprint density at radius 3 is 2.56 bits per heavy atom. The van der Waals surface area contributed by atoms with Crippen molar-refractivity contribution in [2.75, 3.05) is 44.7 Å². The zero-order chi connectivity index (χ0) is 22.9. The molecule has 1 aliphatic carbocycles. The number of rotatable bonds is 9. The summed E-state index contributed by atoms with van der Waals surface area (Å²) in [5, 5.41) is 13.8. The van der Waals surface area contributed by atoms with Crippen LogP contribution in [0.1, 0.15) is 48.9 Å². The first-order valence-electron chi connectivity index (χ1n) is 11.5. The van der Waals surface area contributed by atoms with Crippen LogP contribution >= 0.6 is 11.8 Å². The number of benzene rings is 1. The summed E-state index contributed by atoms with van der Waals surface area (Å²) < 4.78 is 0. The molecule has 32 heavy (non-hydrogen) atoms. The van der Waals surface area contributed by atoms with E-state index in [9.17, 15) is 19.7 Å². The maximum atomic E-state index is 13.2. The molecule has 176 valence electrons. The predicted octanol–water partition coefficient (Wildman–Crippen LogP) is 3.17. The number of nitro groups is 1. The molecule has 1 unspecified atom stereocenters. The number of non-ortho nitro benzene ring substituents is 1. The summed E-state index contributed by atoms with van der Waals surface area (Å²) in [6.07, 6.45) is 9.17. The predicted molar refractivity (Wildman–Crippen MR) is 127 cm³/mol. The third-order valence-electron chi connectivity index (χ3n) is 6.46. The number of amides is 2. The molecule has 1 aliphatic heterocycles. The molecule has 0 bridgehead atoms. The summed E-state index contributed by atoms with van der Waals surface area (Å²) >= 11 is 1.62. The van der Waals surface area contributed by atoms with Gasteiger partial charge in [-0.15, -0.1) is 0 Å². The average Bonchev–Trinajstić information content (AvgIpc) is 2.82. The van der Waals surface area contributed by atoms with Crippen molar-refractivity contribution >= 4 is 29.3 Å². The van der Waals surface area contributed by atoms with E-state index in [2.05, 4.69) is 10.2 Å². The second kappa shape index (κ2) is 12.2. The first kappa shape index (κ1) is 24.5. The lowest BCUT2D eigenvalue weighted by Gasteiger charge is -2.38. The minimum absolute atomic E-state index is 0.0600. The highest BCUT2D eigenvalue weighted by Crippen LogP contribution is 2.25. The molecule has 1 aromatic rings. The summed E-state index contributed by atoms with van der Waals surface area (Å²) in [5.74, 6) is 1.02. The number of carbonyl (C=O) groups excluding carboxylic acids is 2. The van der Waals surface area contributed by atoms with Gasteiger partial charge in [-0.25, -0.2) is 0 Å². The van der Waals surface area contributed by atoms with Crippen LogP contribution in [-0.4, -0.2) is 77.3 Å². The van der Waals surface area contributed by atoms with Crippen LogP contribution in [0, 0.1) is 16.0 Å². The van der Waals surface area contributed by atoms with Gasteiger partial charge in [0.15, 0.2) is 0 Å². The van der Waals surface area contributed by atoms with E-state index in [0.29, 0.717) is 19.5 Å². The number of hydrogen-bond donors (Lipinski definition) is 1. The van der Waals surface area contributed by atoms with Crippen molar-refractivity contribution < 1.29 is 14.5 Å². The standard InChI is InChI=1S/C23H34N4O4S/c1-32-15-10-21(24-22(28)19-8-5-9-20(16-19)27(30)31)23(29)26-13-11-25(12-14-26)17-18-6-3-2-4-7-18/h5,8-9,16,18,21H,2-4,6-7,10-15,17H2,1H3,(H,24,28). The van der Waals surface area contributed by atoms with E-state index in [1.165, 1.54) is 56.4 Å². The second-order valence-electron chi connectivity index (χ2n) is 8.74.